The standard InChI is InChI=1S/C27H44N6O3S3/c28-17-3-1-2-4-18(17)31-15-11-20(23(27(29)35)30-13-15)32-19-5-10-37-24(19)16-14-38-26-21(34)12-22(39-25(16)26)33-6-8-36-9-7-33/h12,15-20,23-26,30-32H,1-11,13-14,28H2,(H2,29,35)/p+1/t15?,16?,17-,18+,19?,20?,23?,24?,25?,26?/m1/s1. The van der Waals surface area contributed by atoms with E-state index in [0.29, 0.717) is 40.6 Å². The fourth-order valence-electron chi connectivity index (χ4n) is 7.37. The van der Waals surface area contributed by atoms with Gasteiger partial charge in [0.2, 0.25) is 5.91 Å². The molecule has 10 atom stereocenters. The minimum absolute atomic E-state index is 0.00102. The van der Waals surface area contributed by atoms with Crippen molar-refractivity contribution in [2.45, 2.75) is 90.5 Å². The van der Waals surface area contributed by atoms with Crippen LogP contribution in [0.2, 0.25) is 0 Å². The Hall–Kier alpha value is -0.470. The molecule has 218 valence electrons. The van der Waals surface area contributed by atoms with Gasteiger partial charge in [-0.15, -0.1) is 23.5 Å². The Bertz CT molecular complexity index is 936. The van der Waals surface area contributed by atoms with Crippen molar-refractivity contribution in [3.63, 3.8) is 0 Å². The summed E-state index contributed by atoms with van der Waals surface area (Å²) in [6.45, 7) is 3.93. The van der Waals surface area contributed by atoms with E-state index in [4.69, 9.17) is 10.5 Å². The molecule has 8 N–H and O–H groups in total. The van der Waals surface area contributed by atoms with Crippen LogP contribution < -0.4 is 27.4 Å². The molecule has 9 nitrogen and oxygen atoms in total. The number of ketones is 1. The molecule has 39 heavy (non-hydrogen) atoms. The van der Waals surface area contributed by atoms with E-state index in [2.05, 4.69) is 38.3 Å². The normalized spacial score (nSPS) is 43.3. The van der Waals surface area contributed by atoms with Crippen molar-refractivity contribution in [2.75, 3.05) is 44.4 Å². The highest BCUT2D eigenvalue weighted by molar-refractivity contribution is 8.07. The predicted molar refractivity (Wildman–Crippen MR) is 160 cm³/mol. The lowest BCUT2D eigenvalue weighted by atomic mass is 9.87. The fourth-order valence-corrected chi connectivity index (χ4v) is 12.7. The summed E-state index contributed by atoms with van der Waals surface area (Å²) < 4.78 is 5.55. The van der Waals surface area contributed by atoms with Crippen LogP contribution in [-0.4, -0.2) is 113 Å². The summed E-state index contributed by atoms with van der Waals surface area (Å²) in [7, 11) is 0. The van der Waals surface area contributed by atoms with E-state index in [9.17, 15) is 9.59 Å². The zero-order valence-corrected chi connectivity index (χ0v) is 25.2. The molecule has 4 saturated heterocycles. The maximum absolute atomic E-state index is 13.2. The highest BCUT2D eigenvalue weighted by atomic mass is 32.2. The maximum Gasteiger partial charge on any atom is 0.236 e. The molecule has 0 spiro atoms. The number of amides is 1. The third kappa shape index (κ3) is 6.33. The Balaban J connectivity index is 1.12. The fraction of sp³-hybridized carbons (Fsp3) is 0.852. The first kappa shape index (κ1) is 28.6. The number of allylic oxidation sites excluding steroid dienone is 1. The molecule has 1 amide bonds. The lowest BCUT2D eigenvalue weighted by molar-refractivity contribution is -0.431. The minimum atomic E-state index is -0.358. The summed E-state index contributed by atoms with van der Waals surface area (Å²) in [4.78, 5) is 28.0. The van der Waals surface area contributed by atoms with Gasteiger partial charge in [0.05, 0.1) is 35.6 Å². The number of carbonyl (C=O) groups is 2. The number of carbonyl (C=O) groups excluding carboxylic acids is 2. The highest BCUT2D eigenvalue weighted by Gasteiger charge is 2.51. The SMILES string of the molecule is NC(=O)C1NCC(N[C@H]2CCCC[C@H]2[NH3+])CC1NC1CCSC1C1CSC2C(=O)C=C(N3CCOCC3)SC21. The van der Waals surface area contributed by atoms with Crippen LogP contribution in [0.15, 0.2) is 11.1 Å². The number of nitrogens with one attached hydrogen (secondary N) is 3. The number of hydrogen-bond donors (Lipinski definition) is 5. The molecule has 0 aromatic rings. The van der Waals surface area contributed by atoms with E-state index in [0.717, 1.165) is 62.2 Å². The summed E-state index contributed by atoms with van der Waals surface area (Å²) in [5, 5.41) is 13.2. The van der Waals surface area contributed by atoms with Crippen molar-refractivity contribution in [1.82, 2.24) is 20.9 Å². The van der Waals surface area contributed by atoms with Crippen LogP contribution in [-0.2, 0) is 14.3 Å². The average Bonchev–Trinajstić information content (AvgIpc) is 3.57. The average molecular weight is 598 g/mol. The second-order valence-corrected chi connectivity index (χ2v) is 15.7. The topological polar surface area (TPSA) is 136 Å². The van der Waals surface area contributed by atoms with Crippen molar-refractivity contribution in [3.05, 3.63) is 11.1 Å². The van der Waals surface area contributed by atoms with Gasteiger partial charge in [0.25, 0.3) is 0 Å². The molecule has 8 unspecified atom stereocenters. The van der Waals surface area contributed by atoms with Gasteiger partial charge in [0.1, 0.15) is 6.04 Å². The monoisotopic (exact) mass is 597 g/mol. The first-order valence-corrected chi connectivity index (χ1v) is 17.8. The molecule has 6 aliphatic rings. The van der Waals surface area contributed by atoms with E-state index in [1.54, 1.807) is 0 Å². The van der Waals surface area contributed by atoms with Gasteiger partial charge in [-0.2, -0.15) is 11.8 Å². The molecule has 5 aliphatic heterocycles. The van der Waals surface area contributed by atoms with Crippen molar-refractivity contribution in [2.24, 2.45) is 11.7 Å². The summed E-state index contributed by atoms with van der Waals surface area (Å²) in [5.74, 6) is 2.60. The third-order valence-electron chi connectivity index (χ3n) is 9.49. The summed E-state index contributed by atoms with van der Waals surface area (Å²) >= 11 is 5.83. The van der Waals surface area contributed by atoms with Crippen molar-refractivity contribution < 1.29 is 20.1 Å². The molecule has 5 heterocycles. The number of ether oxygens (including phenoxy) is 1. The maximum atomic E-state index is 13.2. The molecule has 12 heteroatoms. The number of fused-ring (bicyclic) bond motifs is 1. The number of piperidine rings is 1. The van der Waals surface area contributed by atoms with Crippen LogP contribution in [0.25, 0.3) is 0 Å². The number of quaternary nitrogens is 1. The zero-order valence-electron chi connectivity index (χ0n) is 22.7. The van der Waals surface area contributed by atoms with Gasteiger partial charge in [0.15, 0.2) is 5.78 Å². The lowest BCUT2D eigenvalue weighted by Crippen LogP contribution is -2.72. The lowest BCUT2D eigenvalue weighted by Gasteiger charge is -2.42. The van der Waals surface area contributed by atoms with E-state index in [-0.39, 0.29) is 29.0 Å². The first-order valence-electron chi connectivity index (χ1n) is 14.8. The van der Waals surface area contributed by atoms with Crippen LogP contribution in [0.1, 0.15) is 38.5 Å². The van der Waals surface area contributed by atoms with E-state index >= 15 is 0 Å². The molecule has 0 radical (unpaired) electrons. The third-order valence-corrected chi connectivity index (χ3v) is 14.2. The number of hydrogen-bond acceptors (Lipinski definition) is 10. The quantitative estimate of drug-likeness (QED) is 0.268. The predicted octanol–water partition coefficient (Wildman–Crippen LogP) is -0.233. The number of primary amides is 1. The Morgan fingerprint density at radius 1 is 1.08 bits per heavy atom. The van der Waals surface area contributed by atoms with Gasteiger partial charge < -0.3 is 37.1 Å². The number of nitrogens with zero attached hydrogens (tertiary/aromatic N) is 1. The van der Waals surface area contributed by atoms with Crippen LogP contribution in [0, 0.1) is 5.92 Å². The molecule has 5 fully saturated rings. The molecule has 1 saturated carbocycles. The van der Waals surface area contributed by atoms with Crippen molar-refractivity contribution >= 4 is 47.0 Å². The van der Waals surface area contributed by atoms with Crippen LogP contribution >= 0.6 is 35.3 Å². The van der Waals surface area contributed by atoms with E-state index in [1.807, 2.05) is 29.6 Å². The molecule has 0 aromatic heterocycles. The molecular weight excluding hydrogens is 553 g/mol. The number of nitrogens with two attached hydrogens (primary N) is 1. The van der Waals surface area contributed by atoms with Gasteiger partial charge in [-0.1, -0.05) is 6.42 Å². The molecular formula is C27H45N6O3S3+. The Morgan fingerprint density at radius 2 is 1.90 bits per heavy atom. The van der Waals surface area contributed by atoms with Gasteiger partial charge >= 0.3 is 0 Å². The van der Waals surface area contributed by atoms with Gasteiger partial charge in [-0.05, 0) is 43.1 Å². The summed E-state index contributed by atoms with van der Waals surface area (Å²) in [6, 6.07) is 1.17. The first-order chi connectivity index (χ1) is 19.0. The van der Waals surface area contributed by atoms with Crippen molar-refractivity contribution in [3.8, 4) is 0 Å². The summed E-state index contributed by atoms with van der Waals surface area (Å²) in [5.41, 5.74) is 10.3. The Kier molecular flexibility index (Phi) is 9.41. The van der Waals surface area contributed by atoms with Gasteiger partial charge in [0, 0.05) is 60.8 Å². The van der Waals surface area contributed by atoms with Gasteiger partial charge in [-0.3, -0.25) is 9.59 Å². The van der Waals surface area contributed by atoms with Gasteiger partial charge in [-0.25, -0.2) is 0 Å². The highest BCUT2D eigenvalue weighted by Crippen LogP contribution is 2.51. The second kappa shape index (κ2) is 12.8. The minimum Gasteiger partial charge on any atom is -0.378 e. The molecule has 0 aromatic carbocycles. The van der Waals surface area contributed by atoms with Crippen LogP contribution in [0.5, 0.6) is 0 Å². The summed E-state index contributed by atoms with van der Waals surface area (Å²) in [6.07, 6.45) is 8.78. The Labute approximate surface area is 244 Å². The molecule has 6 rings (SSSR count). The van der Waals surface area contributed by atoms with E-state index in [1.165, 1.54) is 25.7 Å². The molecule has 0 bridgehead atoms. The van der Waals surface area contributed by atoms with Crippen molar-refractivity contribution in [1.29, 1.82) is 0 Å². The number of rotatable bonds is 7. The van der Waals surface area contributed by atoms with Crippen LogP contribution in [0.3, 0.4) is 0 Å². The number of morpholine rings is 1. The zero-order chi connectivity index (χ0) is 26.9. The largest absolute Gasteiger partial charge is 0.378 e. The number of thioether (sulfide) groups is 3. The smallest absolute Gasteiger partial charge is 0.236 e. The van der Waals surface area contributed by atoms with Crippen LogP contribution in [0.4, 0.5) is 0 Å². The molecule has 1 aliphatic carbocycles. The Morgan fingerprint density at radius 3 is 2.69 bits per heavy atom. The second-order valence-electron chi connectivity index (χ2n) is 12.0. The van der Waals surface area contributed by atoms with E-state index < -0.39 is 0 Å².